The second-order valence-corrected chi connectivity index (χ2v) is 25.3. The van der Waals surface area contributed by atoms with Gasteiger partial charge in [0.15, 0.2) is 56.6 Å². The van der Waals surface area contributed by atoms with E-state index >= 15 is 0 Å². The van der Waals surface area contributed by atoms with Crippen molar-refractivity contribution in [3.05, 3.63) is 0 Å². The molecule has 0 aromatic heterocycles. The average molecular weight is 1480 g/mol. The SMILES string of the molecule is OC[C@H]1O[C@H](OC[C@H]2O[C@@H](O[C@H]3[C@H](O)[C@H](O)[C@H](O[C@H]4[C@H](O)[C@H](O)[C@H](O[C@H]5[C@H](O)[C@H](O)[C@H](O[C@H]6[C@H](O)[C@H](O)C(O)O[C@@H]6CO)O[C@@H]5CO)O[C@@H]4CO)O[C@@H]3CO[C@H]3O[C@H](CO)[C@H](O)[C@H](O)[C@H]3O)[C@@H](O)[C@@H](O)[C@@H]2O[C@@H]2O[C@H](CO)[C@@H](O[C@@H]3O[C@H](CO)[C@@H](O)[C@H](O)[C@@H]3O)[C@H](O)[C@@H]2O)[C@H](O)[C@@H](O)[C@H]1O. The molecule has 9 aliphatic rings. The molecule has 9 rings (SSSR count). The lowest BCUT2D eigenvalue weighted by Gasteiger charge is -2.50. The molecule has 29 N–H and O–H groups in total. The first-order chi connectivity index (χ1) is 47.4. The molecule has 1 unspecified atom stereocenters. The van der Waals surface area contributed by atoms with Crippen molar-refractivity contribution in [2.45, 2.75) is 276 Å². The summed E-state index contributed by atoms with van der Waals surface area (Å²) in [5, 5.41) is 313. The maximum Gasteiger partial charge on any atom is 0.187 e. The Morgan fingerprint density at radius 3 is 0.600 bits per heavy atom. The van der Waals surface area contributed by atoms with Gasteiger partial charge in [0.25, 0.3) is 0 Å². The van der Waals surface area contributed by atoms with Gasteiger partial charge in [-0.1, -0.05) is 0 Å². The molecule has 0 spiro atoms. The van der Waals surface area contributed by atoms with Crippen LogP contribution in [-0.2, 0) is 80.5 Å². The summed E-state index contributed by atoms with van der Waals surface area (Å²) in [6.45, 7) is -9.31. The van der Waals surface area contributed by atoms with E-state index in [9.17, 15) is 148 Å². The quantitative estimate of drug-likeness (QED) is 0.0404. The Morgan fingerprint density at radius 2 is 0.350 bits per heavy atom. The van der Waals surface area contributed by atoms with E-state index in [4.69, 9.17) is 80.5 Å². The lowest BCUT2D eigenvalue weighted by molar-refractivity contribution is -0.401. The van der Waals surface area contributed by atoms with Crippen molar-refractivity contribution in [3.8, 4) is 0 Å². The molecule has 45 atom stereocenters. The largest absolute Gasteiger partial charge is 0.394 e. The van der Waals surface area contributed by atoms with Gasteiger partial charge in [-0.15, -0.1) is 0 Å². The lowest BCUT2D eigenvalue weighted by Crippen LogP contribution is -2.68. The molecule has 0 bridgehead atoms. The van der Waals surface area contributed by atoms with Crippen molar-refractivity contribution in [1.82, 2.24) is 0 Å². The fourth-order valence-corrected chi connectivity index (χ4v) is 12.8. The fourth-order valence-electron chi connectivity index (χ4n) is 12.8. The van der Waals surface area contributed by atoms with E-state index in [1.54, 1.807) is 0 Å². The first-order valence-corrected chi connectivity index (χ1v) is 31.7. The highest BCUT2D eigenvalue weighted by Crippen LogP contribution is 2.39. The highest BCUT2D eigenvalue weighted by molar-refractivity contribution is 5.02. The van der Waals surface area contributed by atoms with Crippen molar-refractivity contribution >= 4 is 0 Å². The van der Waals surface area contributed by atoms with E-state index in [1.165, 1.54) is 0 Å². The zero-order valence-electron chi connectivity index (χ0n) is 52.3. The molecular weight excluding hydrogens is 1380 g/mol. The molecule has 0 amide bonds. The minimum Gasteiger partial charge on any atom is -0.394 e. The van der Waals surface area contributed by atoms with Crippen LogP contribution in [0.2, 0.25) is 0 Å². The van der Waals surface area contributed by atoms with E-state index in [0.717, 1.165) is 0 Å². The van der Waals surface area contributed by atoms with Crippen molar-refractivity contribution < 1.29 is 229 Å². The average Bonchev–Trinajstić information content (AvgIpc) is 0.772. The van der Waals surface area contributed by atoms with Gasteiger partial charge in [0.1, 0.15) is 220 Å². The summed E-state index contributed by atoms with van der Waals surface area (Å²) in [6.07, 6.45) is -92.6. The van der Waals surface area contributed by atoms with Gasteiger partial charge in [-0.25, -0.2) is 0 Å². The maximum absolute atomic E-state index is 12.1. The van der Waals surface area contributed by atoms with Crippen molar-refractivity contribution in [2.75, 3.05) is 59.5 Å². The van der Waals surface area contributed by atoms with Crippen LogP contribution in [0.15, 0.2) is 0 Å². The van der Waals surface area contributed by atoms with E-state index in [1.807, 2.05) is 0 Å². The van der Waals surface area contributed by atoms with E-state index in [2.05, 4.69) is 0 Å². The number of aliphatic hydroxyl groups is 29. The van der Waals surface area contributed by atoms with Crippen LogP contribution in [0, 0.1) is 0 Å². The van der Waals surface area contributed by atoms with Gasteiger partial charge >= 0.3 is 0 Å². The standard InChI is InChI=1S/C54H92O46/c55-1-10-19(62)22(65)32(75)47(87-10)84-8-17-44(99-52-37(80)28(71)41(14(5-59)92-52)96-49-34(77)24(67)21(64)12(3-57)89-49)30(73)39(82)54(94-17)100-45-18(9-85-48-33(76)23(66)20(63)11(2-56)88-48)93-53(38(81)29(45)72)98-43-16(7-61)91-51(36(79)27(43)70)97-42-15(6-60)90-50(35(78)26(42)69)95-40-13(4-58)86-46(83)31(74)25(40)68/h10-83H,1-9H2/t10-,11-,12-,13-,14-,15-,16-,17-,18-,19+,20+,21-,22+,23+,24+,25-,26-,27-,28-,29-,30-,31+,32-,33-,34+,35+,36+,37+,38+,39+,40-,41-,42-,43-,44-,45-,46?,47+,48+,49+,50+,51+,52+,53+,54+/m1/s1. The Bertz CT molecular complexity index is 2450. The number of ether oxygens (including phenoxy) is 17. The first-order valence-electron chi connectivity index (χ1n) is 31.7. The Balaban J connectivity index is 0.937. The smallest absolute Gasteiger partial charge is 0.187 e. The van der Waals surface area contributed by atoms with Gasteiger partial charge in [-0.05, 0) is 0 Å². The van der Waals surface area contributed by atoms with Crippen LogP contribution in [0.3, 0.4) is 0 Å². The Kier molecular flexibility index (Phi) is 29.2. The second kappa shape index (κ2) is 35.5. The third kappa shape index (κ3) is 17.0. The highest BCUT2D eigenvalue weighted by Gasteiger charge is 2.60. The van der Waals surface area contributed by atoms with E-state index in [-0.39, 0.29) is 0 Å². The van der Waals surface area contributed by atoms with Gasteiger partial charge in [-0.2, -0.15) is 0 Å². The van der Waals surface area contributed by atoms with Crippen LogP contribution >= 0.6 is 0 Å². The molecule has 0 aromatic carbocycles. The minimum atomic E-state index is -2.49. The fraction of sp³-hybridized carbons (Fsp3) is 1.00. The predicted octanol–water partition coefficient (Wildman–Crippen LogP) is -20.6. The summed E-state index contributed by atoms with van der Waals surface area (Å²) < 4.78 is 96.3. The molecule has 584 valence electrons. The normalized spacial score (nSPS) is 53.7. The summed E-state index contributed by atoms with van der Waals surface area (Å²) in [6, 6.07) is 0. The molecule has 9 fully saturated rings. The van der Waals surface area contributed by atoms with Gasteiger partial charge in [-0.3, -0.25) is 0 Å². The monoisotopic (exact) mass is 1480 g/mol. The summed E-state index contributed by atoms with van der Waals surface area (Å²) in [4.78, 5) is 0. The molecule has 0 aromatic rings. The van der Waals surface area contributed by atoms with Gasteiger partial charge in [0.2, 0.25) is 0 Å². The van der Waals surface area contributed by atoms with E-state index < -0.39 is 336 Å². The molecule has 46 nitrogen and oxygen atoms in total. The van der Waals surface area contributed by atoms with Crippen LogP contribution in [0.1, 0.15) is 0 Å². The molecule has 9 heterocycles. The zero-order chi connectivity index (χ0) is 73.4. The summed E-state index contributed by atoms with van der Waals surface area (Å²) in [5.41, 5.74) is 0. The van der Waals surface area contributed by atoms with Gasteiger partial charge in [0.05, 0.1) is 59.5 Å². The molecule has 46 heteroatoms. The zero-order valence-corrected chi connectivity index (χ0v) is 52.3. The Morgan fingerprint density at radius 1 is 0.170 bits per heavy atom. The van der Waals surface area contributed by atoms with Crippen molar-refractivity contribution in [1.29, 1.82) is 0 Å². The minimum absolute atomic E-state index is 0.919. The Labute approximate surface area is 563 Å². The number of hydrogen-bond donors (Lipinski definition) is 29. The van der Waals surface area contributed by atoms with Crippen LogP contribution in [0.5, 0.6) is 0 Å². The first kappa shape index (κ1) is 82.2. The van der Waals surface area contributed by atoms with Crippen LogP contribution in [0.4, 0.5) is 0 Å². The third-order valence-electron chi connectivity index (χ3n) is 18.7. The van der Waals surface area contributed by atoms with Crippen LogP contribution in [0.25, 0.3) is 0 Å². The summed E-state index contributed by atoms with van der Waals surface area (Å²) in [5.74, 6) is 0. The molecule has 0 aliphatic carbocycles. The number of rotatable bonds is 25. The van der Waals surface area contributed by atoms with Gasteiger partial charge in [0, 0.05) is 0 Å². The van der Waals surface area contributed by atoms with Crippen molar-refractivity contribution in [2.24, 2.45) is 0 Å². The Hall–Kier alpha value is -1.84. The maximum atomic E-state index is 12.1. The van der Waals surface area contributed by atoms with E-state index in [0.29, 0.717) is 0 Å². The summed E-state index contributed by atoms with van der Waals surface area (Å²) >= 11 is 0. The topological polar surface area (TPSA) is 744 Å². The molecule has 100 heavy (non-hydrogen) atoms. The van der Waals surface area contributed by atoms with Crippen LogP contribution < -0.4 is 0 Å². The second-order valence-electron chi connectivity index (χ2n) is 25.3. The summed E-state index contributed by atoms with van der Waals surface area (Å²) in [7, 11) is 0. The number of hydrogen-bond acceptors (Lipinski definition) is 46. The molecule has 9 aliphatic heterocycles. The predicted molar refractivity (Wildman–Crippen MR) is 297 cm³/mol. The molecule has 9 saturated heterocycles. The highest BCUT2D eigenvalue weighted by atomic mass is 16.8. The van der Waals surface area contributed by atoms with Gasteiger partial charge < -0.3 is 229 Å². The van der Waals surface area contributed by atoms with Crippen molar-refractivity contribution in [3.63, 3.8) is 0 Å². The third-order valence-corrected chi connectivity index (χ3v) is 18.7. The van der Waals surface area contributed by atoms with Crippen LogP contribution in [-0.4, -0.2) is 484 Å². The lowest BCUT2D eigenvalue weighted by atomic mass is 9.95. The molecule has 0 saturated carbocycles. The number of aliphatic hydroxyl groups excluding tert-OH is 29. The molecular formula is C54H92O46. The molecule has 0 radical (unpaired) electrons.